The largest absolute Gasteiger partial charge is 0.394 e. The first kappa shape index (κ1) is 16.0. The minimum atomic E-state index is -2.21. The number of ether oxygens (including phenoxy) is 2. The summed E-state index contributed by atoms with van der Waals surface area (Å²) in [4.78, 5) is 0. The highest BCUT2D eigenvalue weighted by molar-refractivity contribution is 5.13. The molecule has 0 aliphatic carbocycles. The highest BCUT2D eigenvalue weighted by Crippen LogP contribution is 2.36. The van der Waals surface area contributed by atoms with E-state index in [0.29, 0.717) is 0 Å². The second-order valence-corrected chi connectivity index (χ2v) is 5.10. The Bertz CT molecular complexity index is 340. The zero-order chi connectivity index (χ0) is 15.1. The van der Waals surface area contributed by atoms with Gasteiger partial charge < -0.3 is 45.2 Å². The Labute approximate surface area is 114 Å². The van der Waals surface area contributed by atoms with Crippen molar-refractivity contribution in [2.75, 3.05) is 19.8 Å². The van der Waals surface area contributed by atoms with Crippen LogP contribution in [0.3, 0.4) is 0 Å². The predicted octanol–water partition coefficient (Wildman–Crippen LogP) is -4.14. The first-order valence-electron chi connectivity index (χ1n) is 6.17. The topological polar surface area (TPSA) is 160 Å². The van der Waals surface area contributed by atoms with Crippen molar-refractivity contribution in [3.8, 4) is 0 Å². The van der Waals surface area contributed by atoms with Crippen LogP contribution in [0.4, 0.5) is 0 Å². The quantitative estimate of drug-likeness (QED) is 0.268. The van der Waals surface area contributed by atoms with Crippen molar-refractivity contribution in [3.05, 3.63) is 6.10 Å². The maximum absolute atomic E-state index is 10.4. The summed E-state index contributed by atoms with van der Waals surface area (Å²) in [5.74, 6) is 0. The van der Waals surface area contributed by atoms with Gasteiger partial charge in [0, 0.05) is 0 Å². The molecule has 117 valence electrons. The van der Waals surface area contributed by atoms with E-state index in [1.807, 2.05) is 0 Å². The van der Waals surface area contributed by atoms with Crippen LogP contribution in [0.2, 0.25) is 0 Å². The second kappa shape index (κ2) is 5.79. The van der Waals surface area contributed by atoms with Gasteiger partial charge in [-0.2, -0.15) is 0 Å². The molecule has 20 heavy (non-hydrogen) atoms. The van der Waals surface area contributed by atoms with Gasteiger partial charge in [0.15, 0.2) is 6.10 Å². The van der Waals surface area contributed by atoms with Gasteiger partial charge in [-0.1, -0.05) is 0 Å². The second-order valence-electron chi connectivity index (χ2n) is 5.10. The summed E-state index contributed by atoms with van der Waals surface area (Å²) in [5, 5.41) is 67.8. The molecule has 2 aliphatic heterocycles. The van der Waals surface area contributed by atoms with E-state index >= 15 is 0 Å². The van der Waals surface area contributed by atoms with Crippen LogP contribution in [-0.4, -0.2) is 97.8 Å². The molecule has 2 aliphatic rings. The average Bonchev–Trinajstić information content (AvgIpc) is 2.43. The Kier molecular flexibility index (Phi) is 4.64. The molecule has 0 bridgehead atoms. The molecule has 2 fully saturated rings. The molecule has 9 nitrogen and oxygen atoms in total. The lowest BCUT2D eigenvalue weighted by Crippen LogP contribution is -2.70. The third-order valence-corrected chi connectivity index (χ3v) is 3.76. The van der Waals surface area contributed by atoms with Gasteiger partial charge in [0.05, 0.1) is 19.8 Å². The summed E-state index contributed by atoms with van der Waals surface area (Å²) in [6.45, 7) is -1.48. The molecule has 0 aromatic carbocycles. The summed E-state index contributed by atoms with van der Waals surface area (Å²) >= 11 is 0. The SMILES string of the molecule is OC[C@H]1OC[C@@](O)(C2OC[C@H](O)[C@H](O)[C@H]2O)[C@@H](O)[C]1O. The normalized spacial score (nSPS) is 51.1. The lowest BCUT2D eigenvalue weighted by molar-refractivity contribution is -0.291. The van der Waals surface area contributed by atoms with Crippen molar-refractivity contribution < 1.29 is 45.2 Å². The number of rotatable bonds is 2. The van der Waals surface area contributed by atoms with E-state index in [1.54, 1.807) is 0 Å². The van der Waals surface area contributed by atoms with Gasteiger partial charge in [-0.05, 0) is 0 Å². The lowest BCUT2D eigenvalue weighted by Gasteiger charge is -2.49. The summed E-state index contributed by atoms with van der Waals surface area (Å²) in [5.41, 5.74) is -2.21. The molecule has 1 radical (unpaired) electrons. The van der Waals surface area contributed by atoms with Crippen molar-refractivity contribution in [3.63, 3.8) is 0 Å². The molecule has 2 heterocycles. The summed E-state index contributed by atoms with van der Waals surface area (Å²) in [6.07, 6.45) is -9.73. The fourth-order valence-electron chi connectivity index (χ4n) is 2.46. The van der Waals surface area contributed by atoms with E-state index in [0.717, 1.165) is 0 Å². The monoisotopic (exact) mass is 295 g/mol. The van der Waals surface area contributed by atoms with Crippen molar-refractivity contribution in [1.29, 1.82) is 0 Å². The number of hydrogen-bond donors (Lipinski definition) is 7. The van der Waals surface area contributed by atoms with Crippen LogP contribution < -0.4 is 0 Å². The molecule has 0 spiro atoms. The Morgan fingerprint density at radius 1 is 1.10 bits per heavy atom. The lowest BCUT2D eigenvalue weighted by atomic mass is 9.79. The van der Waals surface area contributed by atoms with Gasteiger partial charge in [-0.25, -0.2) is 0 Å². The van der Waals surface area contributed by atoms with E-state index in [-0.39, 0.29) is 6.61 Å². The Balaban J connectivity index is 2.18. The third kappa shape index (κ3) is 2.45. The smallest absolute Gasteiger partial charge is 0.155 e. The molecule has 9 heteroatoms. The molecule has 2 rings (SSSR count). The zero-order valence-electron chi connectivity index (χ0n) is 10.5. The first-order valence-corrected chi connectivity index (χ1v) is 6.17. The predicted molar refractivity (Wildman–Crippen MR) is 60.7 cm³/mol. The van der Waals surface area contributed by atoms with Crippen LogP contribution >= 0.6 is 0 Å². The Morgan fingerprint density at radius 2 is 1.75 bits per heavy atom. The van der Waals surface area contributed by atoms with E-state index < -0.39 is 61.5 Å². The molecule has 7 atom stereocenters. The molecule has 0 aromatic heterocycles. The van der Waals surface area contributed by atoms with E-state index in [9.17, 15) is 30.6 Å². The van der Waals surface area contributed by atoms with Crippen molar-refractivity contribution in [2.24, 2.45) is 0 Å². The van der Waals surface area contributed by atoms with E-state index in [4.69, 9.17) is 14.6 Å². The molecular formula is C11H19O9. The maximum Gasteiger partial charge on any atom is 0.155 e. The minimum absolute atomic E-state index is 0.359. The molecule has 7 N–H and O–H groups in total. The van der Waals surface area contributed by atoms with Gasteiger partial charge in [0.25, 0.3) is 0 Å². The molecule has 1 unspecified atom stereocenters. The van der Waals surface area contributed by atoms with Gasteiger partial charge in [-0.15, -0.1) is 0 Å². The Morgan fingerprint density at radius 3 is 2.35 bits per heavy atom. The van der Waals surface area contributed by atoms with Gasteiger partial charge in [0.2, 0.25) is 0 Å². The van der Waals surface area contributed by atoms with Crippen LogP contribution in [0.5, 0.6) is 0 Å². The average molecular weight is 295 g/mol. The fourth-order valence-corrected chi connectivity index (χ4v) is 2.46. The third-order valence-electron chi connectivity index (χ3n) is 3.76. The van der Waals surface area contributed by atoms with Crippen LogP contribution in [0, 0.1) is 6.10 Å². The van der Waals surface area contributed by atoms with Crippen molar-refractivity contribution in [2.45, 2.75) is 42.2 Å². The van der Waals surface area contributed by atoms with Crippen LogP contribution in [0.1, 0.15) is 0 Å². The number of hydrogen-bond acceptors (Lipinski definition) is 9. The molecule has 2 saturated heterocycles. The number of aliphatic hydroxyl groups excluding tert-OH is 6. The van der Waals surface area contributed by atoms with Crippen LogP contribution in [0.15, 0.2) is 0 Å². The molecular weight excluding hydrogens is 276 g/mol. The van der Waals surface area contributed by atoms with E-state index in [1.165, 1.54) is 0 Å². The van der Waals surface area contributed by atoms with Crippen LogP contribution in [-0.2, 0) is 9.47 Å². The van der Waals surface area contributed by atoms with Gasteiger partial charge >= 0.3 is 0 Å². The highest BCUT2D eigenvalue weighted by Gasteiger charge is 2.58. The van der Waals surface area contributed by atoms with Crippen molar-refractivity contribution >= 4 is 0 Å². The summed E-state index contributed by atoms with van der Waals surface area (Å²) in [6, 6.07) is 0. The first-order chi connectivity index (χ1) is 9.32. The zero-order valence-corrected chi connectivity index (χ0v) is 10.5. The standard InChI is InChI=1S/C11H19O9/c12-1-5-7(15)9(17)11(18,3-20-5)10-8(16)6(14)4(13)2-19-10/h4-6,8-10,12-18H,1-3H2/t4-,5+,6-,8+,9-,10?,11-/m0/s1. The van der Waals surface area contributed by atoms with Crippen LogP contribution in [0.25, 0.3) is 0 Å². The Hall–Kier alpha value is -0.360. The van der Waals surface area contributed by atoms with Crippen molar-refractivity contribution in [1.82, 2.24) is 0 Å². The van der Waals surface area contributed by atoms with Gasteiger partial charge in [0.1, 0.15) is 42.2 Å². The maximum atomic E-state index is 10.4. The fraction of sp³-hybridized carbons (Fsp3) is 0.909. The molecule has 0 amide bonds. The molecule has 0 aromatic rings. The number of aliphatic hydroxyl groups is 7. The minimum Gasteiger partial charge on any atom is -0.394 e. The highest BCUT2D eigenvalue weighted by atomic mass is 16.6. The molecule has 0 saturated carbocycles. The van der Waals surface area contributed by atoms with Gasteiger partial charge in [-0.3, -0.25) is 0 Å². The van der Waals surface area contributed by atoms with E-state index in [2.05, 4.69) is 0 Å². The summed E-state index contributed by atoms with van der Waals surface area (Å²) in [7, 11) is 0. The summed E-state index contributed by atoms with van der Waals surface area (Å²) < 4.78 is 10.1.